The number of hydrogen-bond donors (Lipinski definition) is 0. The van der Waals surface area contributed by atoms with Crippen LogP contribution in [0, 0.1) is 0 Å². The molecule has 1 aliphatic carbocycles. The van der Waals surface area contributed by atoms with Gasteiger partial charge in [0.05, 0.1) is 71.6 Å². The number of aromatic nitrogens is 6. The van der Waals surface area contributed by atoms with Crippen LogP contribution in [0.5, 0.6) is 0 Å². The molecular weight excluding hydrogens is 1750 g/mol. The lowest BCUT2D eigenvalue weighted by Gasteiger charge is -2.33. The van der Waals surface area contributed by atoms with Crippen molar-refractivity contribution in [2.24, 2.45) is 0 Å². The second-order valence-electron chi connectivity index (χ2n) is 38.1. The highest BCUT2D eigenvalue weighted by molar-refractivity contribution is 6.17. The summed E-state index contributed by atoms with van der Waals surface area (Å²) in [5.74, 6) is 0. The van der Waals surface area contributed by atoms with Crippen molar-refractivity contribution in [3.8, 4) is 101 Å². The number of hydrogen-bond acceptors (Lipinski definition) is 0. The zero-order chi connectivity index (χ0) is 95.6. The first kappa shape index (κ1) is 84.0. The molecule has 0 radical (unpaired) electrons. The van der Waals surface area contributed by atoms with Gasteiger partial charge in [-0.25, -0.2) is 0 Å². The minimum atomic E-state index is -0.419. The smallest absolute Gasteiger partial charge is 0.0713 e. The van der Waals surface area contributed by atoms with Crippen LogP contribution in [-0.2, 0) is 5.41 Å². The molecule has 0 spiro atoms. The molecule has 1 aliphatic rings. The highest BCUT2D eigenvalue weighted by Gasteiger charge is 2.46. The lowest BCUT2D eigenvalue weighted by Crippen LogP contribution is -2.28. The van der Waals surface area contributed by atoms with Crippen molar-refractivity contribution in [3.63, 3.8) is 0 Å². The summed E-state index contributed by atoms with van der Waals surface area (Å²) in [4.78, 5) is 0. The standard InChI is InChI=1S/C55H36N2.2C42H28N2/c1-4-16-39(17-5-1)55(40-18-6-2-7-19-40)49-25-13-10-22-43(49)46-36-42(30-31-50(46)55)57-52-27-15-12-24-45(52)48-35-38(29-33-54(48)57)37-28-32-53-47(34-37)44-23-11-14-26-51(44)56(53)41-20-8-3-9-21-41;1-3-14-33(15-4-1)43-39-20-9-7-18-35(39)37-27-31(22-24-41(37)43)29-12-11-13-30(26-29)32-23-25-42-38(28-32)36-19-8-10-21-40(36)44(42)34-16-5-2-6-17-34;1-3-11-33(12-4-1)43-39-17-9-7-15-35(39)37-27-31(23-25-41(37)43)29-19-21-30(22-20-29)32-24-26-42-38(28-32)36-16-8-10-18-40(36)44(42)34-13-5-2-6-14-34/h1-36H;2*1-28H. The fraction of sp³-hybridized carbons (Fsp3) is 0.00719. The maximum Gasteiger partial charge on any atom is 0.0713 e. The van der Waals surface area contributed by atoms with Crippen LogP contribution < -0.4 is 0 Å². The van der Waals surface area contributed by atoms with Gasteiger partial charge in [0, 0.05) is 98.8 Å². The molecule has 30 rings (SSSR count). The Morgan fingerprint density at radius 2 is 0.317 bits per heavy atom. The van der Waals surface area contributed by atoms with Gasteiger partial charge in [-0.2, -0.15) is 0 Å². The van der Waals surface area contributed by atoms with E-state index in [-0.39, 0.29) is 0 Å². The quantitative estimate of drug-likeness (QED) is 0.110. The van der Waals surface area contributed by atoms with Gasteiger partial charge in [-0.3, -0.25) is 0 Å². The van der Waals surface area contributed by atoms with Crippen molar-refractivity contribution < 1.29 is 0 Å². The number of rotatable bonds is 13. The molecule has 0 atom stereocenters. The third-order valence-corrected chi connectivity index (χ3v) is 30.2. The summed E-state index contributed by atoms with van der Waals surface area (Å²) in [6.07, 6.45) is 0. The van der Waals surface area contributed by atoms with Crippen molar-refractivity contribution in [2.75, 3.05) is 0 Å². The Morgan fingerprint density at radius 3 is 0.600 bits per heavy atom. The van der Waals surface area contributed by atoms with Gasteiger partial charge in [0.25, 0.3) is 0 Å². The molecule has 6 heterocycles. The van der Waals surface area contributed by atoms with Gasteiger partial charge >= 0.3 is 0 Å². The van der Waals surface area contributed by atoms with Gasteiger partial charge in [0.1, 0.15) is 0 Å². The first-order valence-electron chi connectivity index (χ1n) is 50.0. The predicted molar refractivity (Wildman–Crippen MR) is 610 cm³/mol. The first-order chi connectivity index (χ1) is 71.9. The SMILES string of the molecule is c1ccc(-n2c3ccccc3c3cc(-c4ccc(-c5ccc6c(c5)c5ccccc5n6-c5ccccc5)cc4)ccc32)cc1.c1ccc(-n2c3ccccc3c3cc(-c4ccc5c(c4)c4ccccc4n5-c4ccc5c(c4)-c4ccccc4C5(c4ccccc4)c4ccccc4)ccc32)cc1.c1ccc(-n2c3ccccc3c3cc(-c4cccc(-c5ccc6c(c5)c5ccccc5n6-c5ccccc5)c4)ccc32)cc1. The Hall–Kier alpha value is -19.1. The Kier molecular flexibility index (Phi) is 20.1. The van der Waals surface area contributed by atoms with Crippen molar-refractivity contribution in [3.05, 3.63) is 580 Å². The molecule has 0 amide bonds. The van der Waals surface area contributed by atoms with Gasteiger partial charge < -0.3 is 27.4 Å². The zero-order valence-electron chi connectivity index (χ0n) is 79.3. The van der Waals surface area contributed by atoms with E-state index in [0.29, 0.717) is 0 Å². The van der Waals surface area contributed by atoms with Crippen molar-refractivity contribution in [1.29, 1.82) is 0 Å². The third-order valence-electron chi connectivity index (χ3n) is 30.2. The summed E-state index contributed by atoms with van der Waals surface area (Å²) in [6, 6.07) is 203. The normalized spacial score (nSPS) is 12.2. The van der Waals surface area contributed by atoms with Crippen LogP contribution >= 0.6 is 0 Å². The lowest BCUT2D eigenvalue weighted by molar-refractivity contribution is 0.768. The topological polar surface area (TPSA) is 29.6 Å². The fourth-order valence-electron chi connectivity index (χ4n) is 23.8. The lowest BCUT2D eigenvalue weighted by atomic mass is 9.68. The third kappa shape index (κ3) is 13.9. The predicted octanol–water partition coefficient (Wildman–Crippen LogP) is 36.3. The maximum atomic E-state index is 2.46. The summed E-state index contributed by atoms with van der Waals surface area (Å²) < 4.78 is 14.3. The Balaban J connectivity index is 0.000000107. The summed E-state index contributed by atoms with van der Waals surface area (Å²) >= 11 is 0. The summed E-state index contributed by atoms with van der Waals surface area (Å²) in [6.45, 7) is 0. The average Bonchev–Trinajstić information content (AvgIpc) is 1.53. The van der Waals surface area contributed by atoms with Crippen LogP contribution in [0.15, 0.2) is 558 Å². The second-order valence-corrected chi connectivity index (χ2v) is 38.1. The Labute approximate surface area is 838 Å². The van der Waals surface area contributed by atoms with E-state index >= 15 is 0 Å². The zero-order valence-corrected chi connectivity index (χ0v) is 79.3. The summed E-state index contributed by atoms with van der Waals surface area (Å²) in [5, 5.41) is 15.2. The van der Waals surface area contributed by atoms with E-state index in [9.17, 15) is 0 Å². The van der Waals surface area contributed by atoms with Crippen LogP contribution in [-0.4, -0.2) is 27.4 Å². The molecule has 29 aromatic rings. The first-order valence-corrected chi connectivity index (χ1v) is 50.0. The summed E-state index contributed by atoms with van der Waals surface area (Å²) in [7, 11) is 0. The van der Waals surface area contributed by atoms with Crippen molar-refractivity contribution >= 4 is 131 Å². The van der Waals surface area contributed by atoms with E-state index in [1.165, 1.54) is 248 Å². The van der Waals surface area contributed by atoms with E-state index in [1.54, 1.807) is 0 Å². The van der Waals surface area contributed by atoms with Crippen LogP contribution in [0.3, 0.4) is 0 Å². The molecule has 6 heteroatoms. The molecule has 6 aromatic heterocycles. The molecule has 678 valence electrons. The molecule has 0 unspecified atom stereocenters. The Bertz CT molecular complexity index is 9720. The second kappa shape index (κ2) is 34.7. The molecule has 6 nitrogen and oxygen atoms in total. The van der Waals surface area contributed by atoms with Crippen LogP contribution in [0.1, 0.15) is 22.3 Å². The van der Waals surface area contributed by atoms with E-state index in [4.69, 9.17) is 0 Å². The minimum Gasteiger partial charge on any atom is -0.309 e. The highest BCUT2D eigenvalue weighted by Crippen LogP contribution is 2.57. The van der Waals surface area contributed by atoms with Crippen molar-refractivity contribution in [2.45, 2.75) is 5.41 Å². The molecule has 0 aliphatic heterocycles. The Morgan fingerprint density at radius 1 is 0.110 bits per heavy atom. The maximum absolute atomic E-state index is 2.46. The van der Waals surface area contributed by atoms with E-state index in [1.807, 2.05) is 0 Å². The molecule has 0 saturated carbocycles. The van der Waals surface area contributed by atoms with Gasteiger partial charge in [-0.15, -0.1) is 0 Å². The molecular formula is C139H92N6. The average molecular weight is 1850 g/mol. The van der Waals surface area contributed by atoms with Crippen LogP contribution in [0.25, 0.3) is 232 Å². The van der Waals surface area contributed by atoms with E-state index in [2.05, 4.69) is 586 Å². The fourth-order valence-corrected chi connectivity index (χ4v) is 23.8. The van der Waals surface area contributed by atoms with Gasteiger partial charge in [0.2, 0.25) is 0 Å². The molecule has 0 bridgehead atoms. The van der Waals surface area contributed by atoms with Gasteiger partial charge in [0.15, 0.2) is 0 Å². The molecule has 145 heavy (non-hydrogen) atoms. The van der Waals surface area contributed by atoms with Crippen LogP contribution in [0.2, 0.25) is 0 Å². The largest absolute Gasteiger partial charge is 0.309 e. The number of para-hydroxylation sites is 11. The molecule has 0 saturated heterocycles. The number of fused-ring (bicyclic) bond motifs is 21. The van der Waals surface area contributed by atoms with Gasteiger partial charge in [-0.05, 0) is 277 Å². The minimum absolute atomic E-state index is 0.419. The van der Waals surface area contributed by atoms with Gasteiger partial charge in [-0.1, -0.05) is 370 Å². The number of nitrogens with zero attached hydrogens (tertiary/aromatic N) is 6. The summed E-state index contributed by atoms with van der Waals surface area (Å²) in [5.41, 5.74) is 41.2. The molecule has 23 aromatic carbocycles. The molecule has 0 fully saturated rings. The number of benzene rings is 23. The van der Waals surface area contributed by atoms with Crippen LogP contribution in [0.4, 0.5) is 0 Å². The van der Waals surface area contributed by atoms with Crippen molar-refractivity contribution in [1.82, 2.24) is 27.4 Å². The molecule has 0 N–H and O–H groups in total. The van der Waals surface area contributed by atoms with E-state index < -0.39 is 5.41 Å². The monoisotopic (exact) mass is 1840 g/mol. The highest BCUT2D eigenvalue weighted by atomic mass is 15.0. The van der Waals surface area contributed by atoms with E-state index in [0.717, 1.165) is 5.69 Å².